The quantitative estimate of drug-likeness (QED) is 0.232. The lowest BCUT2D eigenvalue weighted by Gasteiger charge is -2.16. The van der Waals surface area contributed by atoms with Crippen LogP contribution in [0.25, 0.3) is 33.4 Å². The summed E-state index contributed by atoms with van der Waals surface area (Å²) in [5.41, 5.74) is 3.49. The molecule has 1 heterocycles. The molecule has 0 bridgehead atoms. The van der Waals surface area contributed by atoms with Gasteiger partial charge in [-0.05, 0) is 47.9 Å². The molecule has 0 fully saturated rings. The predicted octanol–water partition coefficient (Wildman–Crippen LogP) is 7.20. The topological polar surface area (TPSA) is 79.5 Å². The fourth-order valence-electron chi connectivity index (χ4n) is 4.11. The maximum atomic E-state index is 12.7. The minimum absolute atomic E-state index is 0.0534. The smallest absolute Gasteiger partial charge is 0.251 e. The fraction of sp³-hybridized carbons (Fsp3) is 0.0714. The molecule has 1 amide bonds. The van der Waals surface area contributed by atoms with Gasteiger partial charge in [0.25, 0.3) is 5.91 Å². The van der Waals surface area contributed by atoms with Crippen molar-refractivity contribution in [1.29, 1.82) is 0 Å². The Kier molecular flexibility index (Phi) is 6.63. The number of hydrogen-bond acceptors (Lipinski definition) is 4. The Balaban J connectivity index is 1.49. The third kappa shape index (κ3) is 4.65. The third-order valence-corrected chi connectivity index (χ3v) is 6.88. The zero-order chi connectivity index (χ0) is 25.4. The average molecular weight is 539 g/mol. The molecule has 3 aromatic rings. The van der Waals surface area contributed by atoms with Gasteiger partial charge >= 0.3 is 0 Å². The summed E-state index contributed by atoms with van der Waals surface area (Å²) in [6.45, 7) is 0.442. The molecule has 0 aromatic heterocycles. The first-order chi connectivity index (χ1) is 17.3. The van der Waals surface area contributed by atoms with Crippen LogP contribution in [0.5, 0.6) is 5.75 Å². The number of benzene rings is 4. The van der Waals surface area contributed by atoms with Crippen LogP contribution < -0.4 is 10.7 Å². The summed E-state index contributed by atoms with van der Waals surface area (Å²) < 4.78 is 5.88. The second-order valence-electron chi connectivity index (χ2n) is 8.23. The number of phenols is 1. The molecule has 36 heavy (non-hydrogen) atoms. The first-order valence-corrected chi connectivity index (χ1v) is 12.2. The molecule has 0 unspecified atom stereocenters. The molecule has 180 valence electrons. The minimum atomic E-state index is -0.375. The molecule has 0 spiro atoms. The van der Waals surface area contributed by atoms with Crippen molar-refractivity contribution in [1.82, 2.24) is 5.32 Å². The Labute approximate surface area is 221 Å². The van der Waals surface area contributed by atoms with Gasteiger partial charge in [-0.15, -0.1) is 0 Å². The molecule has 1 aliphatic heterocycles. The van der Waals surface area contributed by atoms with E-state index in [2.05, 4.69) is 5.32 Å². The number of halogens is 3. The Morgan fingerprint density at radius 3 is 2.39 bits per heavy atom. The van der Waals surface area contributed by atoms with Crippen molar-refractivity contribution in [3.8, 4) is 28.2 Å². The standard InChI is InChI=1S/C28H18Cl3NO4/c29-20-4-2-1-3-15(20)9-10-32-28(35)17-7-5-16(6-8-17)27-18-11-21(30)23(33)13-25(18)36-26-14-24(34)22(31)12-19(26)27/h1-8,11-14,33H,9-10H2,(H,32,35). The number of amides is 1. The number of rotatable bonds is 5. The summed E-state index contributed by atoms with van der Waals surface area (Å²) in [5, 5.41) is 14.5. The molecule has 5 rings (SSSR count). The van der Waals surface area contributed by atoms with Crippen LogP contribution in [-0.2, 0) is 6.42 Å². The summed E-state index contributed by atoms with van der Waals surface area (Å²) in [7, 11) is 0. The number of carbonyl (C=O) groups excluding carboxylic acids is 1. The van der Waals surface area contributed by atoms with Crippen LogP contribution in [-0.4, -0.2) is 17.6 Å². The van der Waals surface area contributed by atoms with E-state index >= 15 is 0 Å². The van der Waals surface area contributed by atoms with Crippen molar-refractivity contribution in [2.24, 2.45) is 0 Å². The van der Waals surface area contributed by atoms with Gasteiger partial charge in [0, 0.05) is 45.8 Å². The van der Waals surface area contributed by atoms with E-state index < -0.39 is 0 Å². The number of fused-ring (bicyclic) bond motifs is 2. The first-order valence-electron chi connectivity index (χ1n) is 11.0. The Morgan fingerprint density at radius 2 is 1.64 bits per heavy atom. The summed E-state index contributed by atoms with van der Waals surface area (Å²) in [4.78, 5) is 24.8. The van der Waals surface area contributed by atoms with Crippen LogP contribution in [0, 0.1) is 0 Å². The second kappa shape index (κ2) is 9.86. The average Bonchev–Trinajstić information content (AvgIpc) is 2.86. The van der Waals surface area contributed by atoms with Crippen LogP contribution in [0.4, 0.5) is 0 Å². The Bertz CT molecular complexity index is 1640. The molecule has 1 aliphatic carbocycles. The van der Waals surface area contributed by atoms with Crippen molar-refractivity contribution < 1.29 is 14.3 Å². The van der Waals surface area contributed by atoms with E-state index in [1.165, 1.54) is 12.1 Å². The van der Waals surface area contributed by atoms with Crippen LogP contribution in [0.3, 0.4) is 0 Å². The molecule has 8 heteroatoms. The van der Waals surface area contributed by atoms with E-state index in [9.17, 15) is 14.7 Å². The minimum Gasteiger partial charge on any atom is -0.506 e. The molecule has 2 aliphatic rings. The number of nitrogens with one attached hydrogen (secondary N) is 1. The Hall–Kier alpha value is -3.51. The lowest BCUT2D eigenvalue weighted by molar-refractivity contribution is 0.0954. The van der Waals surface area contributed by atoms with Crippen LogP contribution in [0.1, 0.15) is 15.9 Å². The van der Waals surface area contributed by atoms with Crippen LogP contribution in [0.15, 0.2) is 82.0 Å². The maximum Gasteiger partial charge on any atom is 0.251 e. The van der Waals surface area contributed by atoms with Crippen molar-refractivity contribution in [3.63, 3.8) is 0 Å². The van der Waals surface area contributed by atoms with Gasteiger partial charge in [-0.3, -0.25) is 9.59 Å². The predicted molar refractivity (Wildman–Crippen MR) is 144 cm³/mol. The third-order valence-electron chi connectivity index (χ3n) is 5.92. The highest BCUT2D eigenvalue weighted by molar-refractivity contribution is 6.33. The molecule has 3 aromatic carbocycles. The monoisotopic (exact) mass is 537 g/mol. The van der Waals surface area contributed by atoms with Gasteiger partial charge < -0.3 is 14.8 Å². The summed E-state index contributed by atoms with van der Waals surface area (Å²) in [5.74, 6) is -0.0354. The van der Waals surface area contributed by atoms with Crippen molar-refractivity contribution in [3.05, 3.63) is 109 Å². The van der Waals surface area contributed by atoms with Crippen LogP contribution >= 0.6 is 34.8 Å². The largest absolute Gasteiger partial charge is 0.506 e. The van der Waals surface area contributed by atoms with Crippen LogP contribution in [0.2, 0.25) is 15.1 Å². The lowest BCUT2D eigenvalue weighted by atomic mass is 9.93. The van der Waals surface area contributed by atoms with Gasteiger partial charge in [-0.2, -0.15) is 0 Å². The number of hydrogen-bond donors (Lipinski definition) is 2. The van der Waals surface area contributed by atoms with E-state index in [-0.39, 0.29) is 27.1 Å². The van der Waals surface area contributed by atoms with E-state index in [0.717, 1.165) is 11.1 Å². The highest BCUT2D eigenvalue weighted by atomic mass is 35.5. The van der Waals surface area contributed by atoms with E-state index in [1.54, 1.807) is 36.4 Å². The van der Waals surface area contributed by atoms with Crippen molar-refractivity contribution >= 4 is 51.7 Å². The van der Waals surface area contributed by atoms with Crippen molar-refractivity contribution in [2.45, 2.75) is 6.42 Å². The molecule has 0 radical (unpaired) electrons. The van der Waals surface area contributed by atoms with Gasteiger partial charge in [-0.25, -0.2) is 0 Å². The molecular weight excluding hydrogens is 521 g/mol. The van der Waals surface area contributed by atoms with E-state index in [4.69, 9.17) is 39.2 Å². The van der Waals surface area contributed by atoms with Gasteiger partial charge in [0.05, 0.1) is 10.0 Å². The molecule has 0 saturated heterocycles. The lowest BCUT2D eigenvalue weighted by Crippen LogP contribution is -2.25. The maximum absolute atomic E-state index is 12.7. The van der Waals surface area contributed by atoms with Gasteiger partial charge in [0.15, 0.2) is 0 Å². The molecule has 0 saturated carbocycles. The zero-order valence-corrected chi connectivity index (χ0v) is 20.9. The molecule has 2 N–H and O–H groups in total. The van der Waals surface area contributed by atoms with E-state index in [1.807, 2.05) is 24.3 Å². The van der Waals surface area contributed by atoms with Gasteiger partial charge in [-0.1, -0.05) is 65.1 Å². The molecule has 5 nitrogen and oxygen atoms in total. The number of phenolic OH excluding ortho intramolecular Hbond substituents is 1. The van der Waals surface area contributed by atoms with E-state index in [0.29, 0.717) is 51.4 Å². The van der Waals surface area contributed by atoms with Gasteiger partial charge in [0.2, 0.25) is 5.43 Å². The fourth-order valence-corrected chi connectivity index (χ4v) is 4.67. The highest BCUT2D eigenvalue weighted by Gasteiger charge is 2.20. The van der Waals surface area contributed by atoms with Gasteiger partial charge in [0.1, 0.15) is 17.1 Å². The number of aromatic hydroxyl groups is 1. The first kappa shape index (κ1) is 24.2. The normalized spacial score (nSPS) is 11.2. The highest BCUT2D eigenvalue weighted by Crippen LogP contribution is 2.43. The summed E-state index contributed by atoms with van der Waals surface area (Å²) in [6.07, 6.45) is 0.616. The zero-order valence-electron chi connectivity index (χ0n) is 18.6. The Morgan fingerprint density at radius 1 is 0.889 bits per heavy atom. The molecular formula is C28H18Cl3NO4. The summed E-state index contributed by atoms with van der Waals surface area (Å²) >= 11 is 18.5. The molecule has 0 atom stereocenters. The second-order valence-corrected chi connectivity index (χ2v) is 9.45. The number of carbonyl (C=O) groups is 1. The summed E-state index contributed by atoms with van der Waals surface area (Å²) in [6, 6.07) is 20.4. The van der Waals surface area contributed by atoms with Crippen molar-refractivity contribution in [2.75, 3.05) is 6.54 Å². The SMILES string of the molecule is O=C(NCCc1ccccc1Cl)c1ccc(-c2c3cc(Cl)c(=O)cc-3oc3cc(O)c(Cl)cc23)cc1.